The number of hydrogen-bond acceptors (Lipinski definition) is 6. The monoisotopic (exact) mass is 401 g/mol. The maximum absolute atomic E-state index is 11.4. The Balaban J connectivity index is 1.39. The molecule has 4 heterocycles. The van der Waals surface area contributed by atoms with E-state index in [-0.39, 0.29) is 5.56 Å². The summed E-state index contributed by atoms with van der Waals surface area (Å²) in [5.41, 5.74) is 4.51. The van der Waals surface area contributed by atoms with E-state index in [2.05, 4.69) is 61.4 Å². The van der Waals surface area contributed by atoms with Crippen LogP contribution in [0, 0.1) is 0 Å². The van der Waals surface area contributed by atoms with E-state index in [0.29, 0.717) is 5.82 Å². The van der Waals surface area contributed by atoms with Crippen molar-refractivity contribution in [3.63, 3.8) is 0 Å². The zero-order valence-electron chi connectivity index (χ0n) is 16.7. The Morgan fingerprint density at radius 2 is 1.80 bits per heavy atom. The van der Waals surface area contributed by atoms with Crippen LogP contribution in [0.5, 0.6) is 0 Å². The van der Waals surface area contributed by atoms with Crippen molar-refractivity contribution in [3.8, 4) is 11.3 Å². The van der Waals surface area contributed by atoms with E-state index in [9.17, 15) is 4.79 Å². The molecule has 0 saturated carbocycles. The molecule has 4 aromatic rings. The van der Waals surface area contributed by atoms with E-state index in [1.54, 1.807) is 24.7 Å². The van der Waals surface area contributed by atoms with Gasteiger partial charge >= 0.3 is 0 Å². The molecule has 152 valence electrons. The number of nitrogens with zero attached hydrogens (tertiary/aromatic N) is 5. The number of aromatic nitrogens is 4. The average Bonchev–Trinajstić information content (AvgIpc) is 3.26. The second kappa shape index (κ2) is 7.64. The highest BCUT2D eigenvalue weighted by molar-refractivity contribution is 5.74. The van der Waals surface area contributed by atoms with Crippen LogP contribution < -0.4 is 15.8 Å². The maximum atomic E-state index is 11.4. The van der Waals surface area contributed by atoms with Gasteiger partial charge in [0.1, 0.15) is 0 Å². The molecule has 1 fully saturated rings. The number of benzene rings is 1. The minimum absolute atomic E-state index is 0.133. The van der Waals surface area contributed by atoms with Gasteiger partial charge in [-0.15, -0.1) is 0 Å². The van der Waals surface area contributed by atoms with Gasteiger partial charge < -0.3 is 20.1 Å². The summed E-state index contributed by atoms with van der Waals surface area (Å²) in [6, 6.07) is 11.7. The van der Waals surface area contributed by atoms with Crippen molar-refractivity contribution in [2.75, 3.05) is 43.4 Å². The molecule has 0 bridgehead atoms. The second-order valence-electron chi connectivity index (χ2n) is 7.52. The van der Waals surface area contributed by atoms with Crippen molar-refractivity contribution in [1.82, 2.24) is 24.3 Å². The van der Waals surface area contributed by atoms with Crippen LogP contribution in [0.25, 0.3) is 16.9 Å². The molecule has 30 heavy (non-hydrogen) atoms. The number of H-pyrrole nitrogens is 1. The number of hydrogen-bond donors (Lipinski definition) is 2. The fourth-order valence-electron chi connectivity index (χ4n) is 3.75. The number of aromatic amines is 1. The van der Waals surface area contributed by atoms with Gasteiger partial charge in [-0.1, -0.05) is 0 Å². The smallest absolute Gasteiger partial charge is 0.247 e. The molecule has 0 radical (unpaired) electrons. The summed E-state index contributed by atoms with van der Waals surface area (Å²) in [5, 5.41) is 3.38. The molecule has 0 aliphatic carbocycles. The van der Waals surface area contributed by atoms with Crippen LogP contribution in [0.4, 0.5) is 17.2 Å². The molecule has 0 unspecified atom stereocenters. The predicted molar refractivity (Wildman–Crippen MR) is 118 cm³/mol. The number of rotatable bonds is 4. The lowest BCUT2D eigenvalue weighted by molar-refractivity contribution is 0.313. The van der Waals surface area contributed by atoms with Gasteiger partial charge in [-0.25, -0.2) is 9.97 Å². The van der Waals surface area contributed by atoms with Crippen LogP contribution in [0.2, 0.25) is 0 Å². The molecule has 8 heteroatoms. The van der Waals surface area contributed by atoms with Crippen molar-refractivity contribution in [1.29, 1.82) is 0 Å². The molecule has 1 saturated heterocycles. The quantitative estimate of drug-likeness (QED) is 0.547. The van der Waals surface area contributed by atoms with E-state index >= 15 is 0 Å². The molecule has 8 nitrogen and oxygen atoms in total. The summed E-state index contributed by atoms with van der Waals surface area (Å²) in [4.78, 5) is 27.9. The highest BCUT2D eigenvalue weighted by Gasteiger charge is 2.14. The number of fused-ring (bicyclic) bond motifs is 1. The summed E-state index contributed by atoms with van der Waals surface area (Å²) in [6.45, 7) is 4.27. The maximum Gasteiger partial charge on any atom is 0.247 e. The van der Waals surface area contributed by atoms with Crippen LogP contribution in [-0.2, 0) is 0 Å². The first-order chi connectivity index (χ1) is 14.7. The lowest BCUT2D eigenvalue weighted by atomic mass is 10.2. The Labute approximate surface area is 173 Å². The van der Waals surface area contributed by atoms with Gasteiger partial charge in [0.2, 0.25) is 5.56 Å². The SMILES string of the molecule is CN1CCN(c2ccc(Nc3ncc(-c4ccc(=O)[nH]c4)n4ccnc34)cc2)CC1. The normalized spacial score (nSPS) is 14.9. The van der Waals surface area contributed by atoms with E-state index in [1.807, 2.05) is 10.6 Å². The minimum Gasteiger partial charge on any atom is -0.369 e. The molecule has 3 aromatic heterocycles. The van der Waals surface area contributed by atoms with Gasteiger partial charge in [-0.05, 0) is 37.4 Å². The predicted octanol–water partition coefficient (Wildman–Crippen LogP) is 2.58. The third-order valence-electron chi connectivity index (χ3n) is 5.51. The van der Waals surface area contributed by atoms with E-state index in [4.69, 9.17) is 0 Å². The van der Waals surface area contributed by atoms with E-state index in [0.717, 1.165) is 48.8 Å². The van der Waals surface area contributed by atoms with Crippen LogP contribution in [0.3, 0.4) is 0 Å². The Hall–Kier alpha value is -3.65. The molecule has 5 rings (SSSR count). The van der Waals surface area contributed by atoms with E-state index in [1.165, 1.54) is 11.8 Å². The molecule has 1 aliphatic rings. The first-order valence-corrected chi connectivity index (χ1v) is 9.99. The number of nitrogens with one attached hydrogen (secondary N) is 2. The fourth-order valence-corrected chi connectivity index (χ4v) is 3.75. The van der Waals surface area contributed by atoms with Crippen LogP contribution in [-0.4, -0.2) is 57.5 Å². The van der Waals surface area contributed by atoms with Crippen molar-refractivity contribution >= 4 is 22.8 Å². The molecule has 1 aliphatic heterocycles. The summed E-state index contributed by atoms with van der Waals surface area (Å²) in [5.74, 6) is 0.681. The van der Waals surface area contributed by atoms with Gasteiger partial charge in [-0.3, -0.25) is 9.20 Å². The molecule has 2 N–H and O–H groups in total. The Kier molecular flexibility index (Phi) is 4.68. The number of pyridine rings is 1. The first kappa shape index (κ1) is 18.4. The van der Waals surface area contributed by atoms with Crippen molar-refractivity contribution < 1.29 is 0 Å². The zero-order valence-corrected chi connectivity index (χ0v) is 16.7. The van der Waals surface area contributed by atoms with Gasteiger partial charge in [0, 0.05) is 67.8 Å². The topological polar surface area (TPSA) is 81.6 Å². The summed E-state index contributed by atoms with van der Waals surface area (Å²) >= 11 is 0. The summed E-state index contributed by atoms with van der Waals surface area (Å²) < 4.78 is 1.96. The lowest BCUT2D eigenvalue weighted by Crippen LogP contribution is -2.44. The fraction of sp³-hybridized carbons (Fsp3) is 0.227. The first-order valence-electron chi connectivity index (χ1n) is 9.99. The molecule has 0 spiro atoms. The van der Waals surface area contributed by atoms with Crippen molar-refractivity contribution in [2.24, 2.45) is 0 Å². The zero-order chi connectivity index (χ0) is 20.5. The summed E-state index contributed by atoms with van der Waals surface area (Å²) in [7, 11) is 2.16. The Morgan fingerprint density at radius 1 is 1.00 bits per heavy atom. The van der Waals surface area contributed by atoms with Gasteiger partial charge in [0.15, 0.2) is 11.5 Å². The standard InChI is InChI=1S/C22H23N7O/c1-27-10-12-28(13-11-27)18-5-3-17(4-6-18)26-21-22-23-8-9-29(22)19(15-25-21)16-2-7-20(30)24-14-16/h2-9,14-15H,10-13H2,1H3,(H,24,30)(H,25,26). The number of likely N-dealkylation sites (N-methyl/N-ethyl adjacent to an activating group) is 1. The summed E-state index contributed by atoms with van der Waals surface area (Å²) in [6.07, 6.45) is 7.10. The largest absolute Gasteiger partial charge is 0.369 e. The lowest BCUT2D eigenvalue weighted by Gasteiger charge is -2.34. The van der Waals surface area contributed by atoms with Gasteiger partial charge in [0.05, 0.1) is 11.9 Å². The number of anilines is 3. The highest BCUT2D eigenvalue weighted by atomic mass is 16.1. The minimum atomic E-state index is -0.133. The molecule has 1 aromatic carbocycles. The average molecular weight is 401 g/mol. The molecule has 0 amide bonds. The van der Waals surface area contributed by atoms with Crippen molar-refractivity contribution in [3.05, 3.63) is 71.5 Å². The van der Waals surface area contributed by atoms with Gasteiger partial charge in [-0.2, -0.15) is 0 Å². The Bertz CT molecular complexity index is 1200. The molecular formula is C22H23N7O. The van der Waals surface area contributed by atoms with Crippen LogP contribution >= 0.6 is 0 Å². The van der Waals surface area contributed by atoms with Gasteiger partial charge in [0.25, 0.3) is 0 Å². The molecular weight excluding hydrogens is 378 g/mol. The second-order valence-corrected chi connectivity index (χ2v) is 7.52. The highest BCUT2D eigenvalue weighted by Crippen LogP contribution is 2.26. The van der Waals surface area contributed by atoms with E-state index < -0.39 is 0 Å². The van der Waals surface area contributed by atoms with Crippen molar-refractivity contribution in [2.45, 2.75) is 0 Å². The molecule has 0 atom stereocenters. The van der Waals surface area contributed by atoms with Crippen LogP contribution in [0.1, 0.15) is 0 Å². The third-order valence-corrected chi connectivity index (χ3v) is 5.51. The number of piperazine rings is 1. The Morgan fingerprint density at radius 3 is 2.53 bits per heavy atom. The third kappa shape index (κ3) is 3.53. The number of imidazole rings is 1. The van der Waals surface area contributed by atoms with Crippen LogP contribution in [0.15, 0.2) is 66.0 Å².